The van der Waals surface area contributed by atoms with Crippen molar-refractivity contribution >= 4 is 35.4 Å². The van der Waals surface area contributed by atoms with Gasteiger partial charge in [-0.2, -0.15) is 0 Å². The predicted octanol–water partition coefficient (Wildman–Crippen LogP) is 0.0314. The summed E-state index contributed by atoms with van der Waals surface area (Å²) in [6, 6.07) is 3.60. The van der Waals surface area contributed by atoms with Crippen molar-refractivity contribution in [3.63, 3.8) is 0 Å². The number of hydrogen-bond donors (Lipinski definition) is 7. The summed E-state index contributed by atoms with van der Waals surface area (Å²) < 4.78 is 5.36. The zero-order valence-corrected chi connectivity index (χ0v) is 24.6. The number of nitrogens with one attached hydrogen (secondary N) is 2. The van der Waals surface area contributed by atoms with E-state index in [2.05, 4.69) is 26.9 Å². The molecule has 0 fully saturated rings. The Kier molecular flexibility index (Phi) is 11.2. The molecule has 1 aromatic heterocycles. The van der Waals surface area contributed by atoms with Crippen LogP contribution in [0, 0.1) is 6.92 Å². The van der Waals surface area contributed by atoms with Crippen LogP contribution in [0.4, 0.5) is 22.9 Å². The van der Waals surface area contributed by atoms with Crippen molar-refractivity contribution in [2.75, 3.05) is 29.9 Å². The van der Waals surface area contributed by atoms with E-state index in [1.807, 2.05) is 38.7 Å². The number of aromatic nitrogens is 2. The molecule has 4 atom stereocenters. The van der Waals surface area contributed by atoms with Gasteiger partial charge in [0.15, 0.2) is 11.2 Å². The Balaban J connectivity index is 1.76. The number of rotatable bonds is 14. The summed E-state index contributed by atoms with van der Waals surface area (Å²) in [5.74, 6) is 0.151. The lowest BCUT2D eigenvalue weighted by atomic mass is 10.0. The van der Waals surface area contributed by atoms with E-state index in [1.165, 1.54) is 0 Å². The van der Waals surface area contributed by atoms with Crippen LogP contribution < -0.4 is 26.6 Å². The zero-order chi connectivity index (χ0) is 31.2. The first kappa shape index (κ1) is 33.1. The molecule has 0 saturated carbocycles. The average Bonchev–Trinajstić information content (AvgIpc) is 2.91. The predicted molar refractivity (Wildman–Crippen MR) is 158 cm³/mol. The number of ether oxygens (including phenoxy) is 1. The number of hydrogen-bond acceptors (Lipinski definition) is 12. The molecule has 42 heavy (non-hydrogen) atoms. The van der Waals surface area contributed by atoms with Gasteiger partial charge in [-0.05, 0) is 58.2 Å². The third kappa shape index (κ3) is 8.58. The monoisotopic (exact) mass is 589 g/mol. The Morgan fingerprint density at radius 1 is 1.10 bits per heavy atom. The molecule has 0 amide bonds. The summed E-state index contributed by atoms with van der Waals surface area (Å²) in [7, 11) is 0. The lowest BCUT2D eigenvalue weighted by molar-refractivity contribution is -0.154. The molecule has 7 N–H and O–H groups in total. The molecule has 0 saturated heterocycles. The molecule has 0 bridgehead atoms. The van der Waals surface area contributed by atoms with Gasteiger partial charge in [0.1, 0.15) is 29.4 Å². The average molecular weight is 590 g/mol. The van der Waals surface area contributed by atoms with Crippen molar-refractivity contribution in [2.24, 2.45) is 4.99 Å². The van der Waals surface area contributed by atoms with Gasteiger partial charge in [-0.25, -0.2) is 9.98 Å². The molecule has 232 valence electrons. The second kappa shape index (κ2) is 14.2. The fourth-order valence-electron chi connectivity index (χ4n) is 4.61. The molecule has 13 heteroatoms. The van der Waals surface area contributed by atoms with E-state index in [-0.39, 0.29) is 23.4 Å². The van der Waals surface area contributed by atoms with Gasteiger partial charge in [-0.15, -0.1) is 0 Å². The molecule has 13 nitrogen and oxygen atoms in total. The number of carbonyl (C=O) groups is 1. The summed E-state index contributed by atoms with van der Waals surface area (Å²) in [6.07, 6.45) is -3.05. The van der Waals surface area contributed by atoms with Gasteiger partial charge in [0.2, 0.25) is 0 Å². The third-order valence-electron chi connectivity index (χ3n) is 6.79. The van der Waals surface area contributed by atoms with Gasteiger partial charge in [0.25, 0.3) is 5.56 Å². The lowest BCUT2D eigenvalue weighted by Crippen LogP contribution is -2.48. The van der Waals surface area contributed by atoms with Gasteiger partial charge in [-0.3, -0.25) is 9.59 Å². The number of unbranched alkanes of at least 4 members (excludes halogenated alkanes) is 3. The van der Waals surface area contributed by atoms with Crippen molar-refractivity contribution in [3.05, 3.63) is 38.9 Å². The standard InChI is InChI=1S/C29H43N5O8/c1-16-12-19-20(13-18(16)30-14-21(36)25(39)26(40)22(37)15-35)34(27-24(33-19)28(41)32-17(2)31-27)11-9-7-6-8-10-23(38)42-29(3,4)5/h12-13,21-22,25-26,30,35-37,39-40H,2,6-11,14-15H2,1,3-5H3,(H,32,41). The maximum atomic E-state index is 12.7. The number of aliphatic hydroxyl groups excluding tert-OH is 5. The Hall–Kier alpha value is -3.36. The Labute approximate surface area is 244 Å². The number of H-pyrrole nitrogens is 1. The van der Waals surface area contributed by atoms with E-state index in [1.54, 1.807) is 6.07 Å². The van der Waals surface area contributed by atoms with Crippen LogP contribution in [0.2, 0.25) is 0 Å². The van der Waals surface area contributed by atoms with Gasteiger partial charge in [0.05, 0.1) is 24.1 Å². The van der Waals surface area contributed by atoms with Crippen LogP contribution in [0.1, 0.15) is 58.4 Å². The number of anilines is 3. The Morgan fingerprint density at radius 2 is 1.76 bits per heavy atom. The molecule has 4 unspecified atom stereocenters. The molecule has 0 radical (unpaired) electrons. The smallest absolute Gasteiger partial charge is 0.306 e. The molecular weight excluding hydrogens is 546 g/mol. The molecular formula is C29H43N5O8. The zero-order valence-electron chi connectivity index (χ0n) is 24.6. The van der Waals surface area contributed by atoms with Crippen LogP contribution in [0.5, 0.6) is 0 Å². The summed E-state index contributed by atoms with van der Waals surface area (Å²) in [4.78, 5) is 38.2. The van der Waals surface area contributed by atoms with E-state index < -0.39 is 42.2 Å². The second-order valence-corrected chi connectivity index (χ2v) is 11.5. The lowest BCUT2D eigenvalue weighted by Gasteiger charge is -2.29. The molecule has 1 aromatic carbocycles. The first-order valence-corrected chi connectivity index (χ1v) is 14.1. The quantitative estimate of drug-likeness (QED) is 0.116. The molecule has 0 spiro atoms. The van der Waals surface area contributed by atoms with E-state index >= 15 is 0 Å². The summed E-state index contributed by atoms with van der Waals surface area (Å²) >= 11 is 0. The third-order valence-corrected chi connectivity index (χ3v) is 6.79. The number of benzene rings is 1. The number of nitrogens with zero attached hydrogens (tertiary/aromatic N) is 3. The van der Waals surface area contributed by atoms with Crippen LogP contribution in [-0.4, -0.2) is 91.2 Å². The van der Waals surface area contributed by atoms with Crippen LogP contribution in [-0.2, 0) is 9.53 Å². The highest BCUT2D eigenvalue weighted by Crippen LogP contribution is 2.38. The van der Waals surface area contributed by atoms with E-state index in [0.717, 1.165) is 24.8 Å². The first-order valence-electron chi connectivity index (χ1n) is 14.1. The minimum absolute atomic E-state index is 0.164. The highest BCUT2D eigenvalue weighted by molar-refractivity contribution is 5.80. The normalized spacial score (nSPS) is 15.6. The maximum absolute atomic E-state index is 12.7. The van der Waals surface area contributed by atoms with E-state index in [9.17, 15) is 30.0 Å². The molecule has 2 heterocycles. The molecule has 1 aliphatic heterocycles. The minimum atomic E-state index is -1.73. The molecule has 0 aliphatic carbocycles. The van der Waals surface area contributed by atoms with Gasteiger partial charge >= 0.3 is 5.97 Å². The number of esters is 1. The summed E-state index contributed by atoms with van der Waals surface area (Å²) in [5.41, 5.74) is 1.87. The Bertz CT molecular complexity index is 1410. The van der Waals surface area contributed by atoms with Gasteiger partial charge < -0.3 is 45.5 Å². The minimum Gasteiger partial charge on any atom is -0.460 e. The highest BCUT2D eigenvalue weighted by atomic mass is 16.6. The van der Waals surface area contributed by atoms with E-state index in [4.69, 9.17) is 9.84 Å². The van der Waals surface area contributed by atoms with Crippen LogP contribution in [0.15, 0.2) is 21.9 Å². The SMILES string of the molecule is C=c1nc2c(c(=O)[nH]1)=Nc1cc(C)c(NCC(O)C(O)C(O)C(O)CO)cc1N2CCCCCCC(=O)OC(C)(C)C. The summed E-state index contributed by atoms with van der Waals surface area (Å²) in [6.45, 7) is 10.7. The number of aromatic amines is 1. The van der Waals surface area contributed by atoms with Crippen molar-refractivity contribution in [1.29, 1.82) is 0 Å². The van der Waals surface area contributed by atoms with Crippen molar-refractivity contribution < 1.29 is 35.1 Å². The first-order chi connectivity index (χ1) is 19.7. The fourth-order valence-corrected chi connectivity index (χ4v) is 4.61. The maximum Gasteiger partial charge on any atom is 0.306 e. The van der Waals surface area contributed by atoms with E-state index in [0.29, 0.717) is 42.3 Å². The molecule has 1 aliphatic rings. The van der Waals surface area contributed by atoms with Crippen molar-refractivity contribution in [2.45, 2.75) is 89.8 Å². The largest absolute Gasteiger partial charge is 0.460 e. The van der Waals surface area contributed by atoms with Crippen LogP contribution >= 0.6 is 0 Å². The van der Waals surface area contributed by atoms with Crippen LogP contribution in [0.3, 0.4) is 0 Å². The Morgan fingerprint density at radius 3 is 2.43 bits per heavy atom. The molecule has 2 aromatic rings. The highest BCUT2D eigenvalue weighted by Gasteiger charge is 2.30. The number of aliphatic hydroxyl groups is 5. The number of carbonyl (C=O) groups excluding carboxylic acids is 1. The fraction of sp³-hybridized carbons (Fsp3) is 0.586. The number of aryl methyl sites for hydroxylation is 1. The van der Waals surface area contributed by atoms with Crippen molar-refractivity contribution in [3.8, 4) is 0 Å². The van der Waals surface area contributed by atoms with Gasteiger partial charge in [-0.1, -0.05) is 19.4 Å². The number of fused-ring (bicyclic) bond motifs is 2. The second-order valence-electron chi connectivity index (χ2n) is 11.5. The topological polar surface area (TPSA) is 201 Å². The summed E-state index contributed by atoms with van der Waals surface area (Å²) in [5, 5.41) is 52.3. The van der Waals surface area contributed by atoms with Gasteiger partial charge in [0, 0.05) is 25.2 Å². The molecule has 3 rings (SSSR count). The van der Waals surface area contributed by atoms with Crippen molar-refractivity contribution in [1.82, 2.24) is 9.97 Å². The van der Waals surface area contributed by atoms with Crippen LogP contribution in [0.25, 0.3) is 6.58 Å².